The first-order chi connectivity index (χ1) is 7.76. The van der Waals surface area contributed by atoms with Gasteiger partial charge in [-0.05, 0) is 31.2 Å². The maximum Gasteiger partial charge on any atom is 0.111 e. The van der Waals surface area contributed by atoms with E-state index in [1.807, 2.05) is 18.2 Å². The zero-order valence-electron chi connectivity index (χ0n) is 9.41. The standard InChI is InChI=1S/C12H16ClN3/c1-2-7-16-11-4-3-9(13)8-10(11)15-12(16)5-6-14/h3-4,8H,2,5-7,14H2,1H3. The first-order valence-electron chi connectivity index (χ1n) is 5.61. The summed E-state index contributed by atoms with van der Waals surface area (Å²) in [4.78, 5) is 4.58. The van der Waals surface area contributed by atoms with Crippen LogP contribution in [0.15, 0.2) is 18.2 Å². The summed E-state index contributed by atoms with van der Waals surface area (Å²) in [5.74, 6) is 1.06. The van der Waals surface area contributed by atoms with Gasteiger partial charge in [0.25, 0.3) is 0 Å². The van der Waals surface area contributed by atoms with Crippen LogP contribution in [-0.4, -0.2) is 16.1 Å². The number of hydrogen-bond acceptors (Lipinski definition) is 2. The molecule has 86 valence electrons. The quantitative estimate of drug-likeness (QED) is 0.889. The molecule has 1 aromatic carbocycles. The molecule has 1 heterocycles. The molecule has 0 saturated heterocycles. The molecule has 0 saturated carbocycles. The molecular weight excluding hydrogens is 222 g/mol. The molecule has 0 aliphatic rings. The van der Waals surface area contributed by atoms with Gasteiger partial charge in [0.1, 0.15) is 5.82 Å². The molecule has 1 aromatic heterocycles. The van der Waals surface area contributed by atoms with Crippen LogP contribution in [0.1, 0.15) is 19.2 Å². The van der Waals surface area contributed by atoms with E-state index in [1.165, 1.54) is 0 Å². The Hall–Kier alpha value is -1.06. The lowest BCUT2D eigenvalue weighted by Crippen LogP contribution is -2.09. The third-order valence-corrected chi connectivity index (χ3v) is 2.84. The molecule has 0 fully saturated rings. The monoisotopic (exact) mass is 237 g/mol. The number of imidazole rings is 1. The zero-order valence-corrected chi connectivity index (χ0v) is 10.2. The molecule has 0 radical (unpaired) electrons. The van der Waals surface area contributed by atoms with Crippen molar-refractivity contribution in [2.24, 2.45) is 5.73 Å². The second-order valence-electron chi connectivity index (χ2n) is 3.85. The fourth-order valence-corrected chi connectivity index (χ4v) is 2.11. The topological polar surface area (TPSA) is 43.8 Å². The highest BCUT2D eigenvalue weighted by Gasteiger charge is 2.09. The summed E-state index contributed by atoms with van der Waals surface area (Å²) in [6, 6.07) is 5.84. The summed E-state index contributed by atoms with van der Waals surface area (Å²) in [5.41, 5.74) is 7.71. The highest BCUT2D eigenvalue weighted by molar-refractivity contribution is 6.31. The fourth-order valence-electron chi connectivity index (χ4n) is 1.95. The molecule has 4 heteroatoms. The second-order valence-corrected chi connectivity index (χ2v) is 4.29. The van der Waals surface area contributed by atoms with Crippen LogP contribution >= 0.6 is 11.6 Å². The lowest BCUT2D eigenvalue weighted by molar-refractivity contribution is 0.652. The molecule has 0 bridgehead atoms. The summed E-state index contributed by atoms with van der Waals surface area (Å²) in [6.45, 7) is 3.77. The van der Waals surface area contributed by atoms with Crippen LogP contribution < -0.4 is 5.73 Å². The summed E-state index contributed by atoms with van der Waals surface area (Å²) >= 11 is 5.96. The number of rotatable bonds is 4. The minimum atomic E-state index is 0.626. The van der Waals surface area contributed by atoms with Crippen molar-refractivity contribution in [1.82, 2.24) is 9.55 Å². The van der Waals surface area contributed by atoms with Crippen LogP contribution in [0.4, 0.5) is 0 Å². The van der Waals surface area contributed by atoms with Gasteiger partial charge in [-0.25, -0.2) is 4.98 Å². The van der Waals surface area contributed by atoms with Gasteiger partial charge in [0.15, 0.2) is 0 Å². The number of benzene rings is 1. The van der Waals surface area contributed by atoms with E-state index in [1.54, 1.807) is 0 Å². The predicted octanol–water partition coefficient (Wildman–Crippen LogP) is 2.60. The Balaban J connectivity index is 2.56. The van der Waals surface area contributed by atoms with Gasteiger partial charge in [0.2, 0.25) is 0 Å². The Labute approximate surface area is 100 Å². The zero-order chi connectivity index (χ0) is 11.5. The minimum Gasteiger partial charge on any atom is -0.330 e. The summed E-state index contributed by atoms with van der Waals surface area (Å²) in [5, 5.41) is 0.730. The maximum absolute atomic E-state index is 5.96. The van der Waals surface area contributed by atoms with Gasteiger partial charge in [-0.15, -0.1) is 0 Å². The van der Waals surface area contributed by atoms with E-state index in [4.69, 9.17) is 17.3 Å². The van der Waals surface area contributed by atoms with Gasteiger partial charge in [-0.2, -0.15) is 0 Å². The molecule has 16 heavy (non-hydrogen) atoms. The molecular formula is C12H16ClN3. The van der Waals surface area contributed by atoms with Crippen LogP contribution in [-0.2, 0) is 13.0 Å². The van der Waals surface area contributed by atoms with Gasteiger partial charge in [0.05, 0.1) is 11.0 Å². The van der Waals surface area contributed by atoms with E-state index in [2.05, 4.69) is 16.5 Å². The highest BCUT2D eigenvalue weighted by Crippen LogP contribution is 2.21. The van der Waals surface area contributed by atoms with E-state index < -0.39 is 0 Å². The molecule has 0 atom stereocenters. The van der Waals surface area contributed by atoms with Crippen molar-refractivity contribution in [3.63, 3.8) is 0 Å². The number of aromatic nitrogens is 2. The number of fused-ring (bicyclic) bond motifs is 1. The lowest BCUT2D eigenvalue weighted by atomic mass is 10.3. The average molecular weight is 238 g/mol. The second kappa shape index (κ2) is 4.85. The Bertz CT molecular complexity index is 490. The maximum atomic E-state index is 5.96. The first kappa shape index (κ1) is 11.4. The van der Waals surface area contributed by atoms with Crippen LogP contribution in [0.2, 0.25) is 5.02 Å². The van der Waals surface area contributed by atoms with Gasteiger partial charge in [0, 0.05) is 18.0 Å². The summed E-state index contributed by atoms with van der Waals surface area (Å²) in [6.07, 6.45) is 1.90. The van der Waals surface area contributed by atoms with Crippen molar-refractivity contribution < 1.29 is 0 Å². The van der Waals surface area contributed by atoms with Gasteiger partial charge >= 0.3 is 0 Å². The number of nitrogens with two attached hydrogens (primary N) is 1. The van der Waals surface area contributed by atoms with Crippen molar-refractivity contribution in [3.05, 3.63) is 29.0 Å². The van der Waals surface area contributed by atoms with Crippen LogP contribution in [0.5, 0.6) is 0 Å². The van der Waals surface area contributed by atoms with Crippen LogP contribution in [0.25, 0.3) is 11.0 Å². The third-order valence-electron chi connectivity index (χ3n) is 2.60. The smallest absolute Gasteiger partial charge is 0.111 e. The molecule has 2 rings (SSSR count). The van der Waals surface area contributed by atoms with E-state index in [0.29, 0.717) is 6.54 Å². The van der Waals surface area contributed by atoms with E-state index in [9.17, 15) is 0 Å². The van der Waals surface area contributed by atoms with E-state index in [0.717, 1.165) is 41.3 Å². The molecule has 0 amide bonds. The molecule has 0 unspecified atom stereocenters. The number of aryl methyl sites for hydroxylation is 1. The number of hydrogen-bond donors (Lipinski definition) is 1. The Morgan fingerprint density at radius 1 is 1.44 bits per heavy atom. The predicted molar refractivity (Wildman–Crippen MR) is 67.8 cm³/mol. The van der Waals surface area contributed by atoms with E-state index >= 15 is 0 Å². The largest absolute Gasteiger partial charge is 0.330 e. The molecule has 3 nitrogen and oxygen atoms in total. The van der Waals surface area contributed by atoms with Crippen molar-refractivity contribution in [1.29, 1.82) is 0 Å². The highest BCUT2D eigenvalue weighted by atomic mass is 35.5. The van der Waals surface area contributed by atoms with Gasteiger partial charge < -0.3 is 10.3 Å². The first-order valence-corrected chi connectivity index (χ1v) is 5.98. The third kappa shape index (κ3) is 2.06. The molecule has 2 N–H and O–H groups in total. The van der Waals surface area contributed by atoms with Crippen molar-refractivity contribution in [2.75, 3.05) is 6.54 Å². The van der Waals surface area contributed by atoms with Crippen molar-refractivity contribution >= 4 is 22.6 Å². The Morgan fingerprint density at radius 2 is 2.25 bits per heavy atom. The average Bonchev–Trinajstić information content (AvgIpc) is 2.57. The number of nitrogens with zero attached hydrogens (tertiary/aromatic N) is 2. The Morgan fingerprint density at radius 3 is 2.94 bits per heavy atom. The van der Waals surface area contributed by atoms with Crippen LogP contribution in [0.3, 0.4) is 0 Å². The molecule has 0 aliphatic heterocycles. The normalized spacial score (nSPS) is 11.2. The lowest BCUT2D eigenvalue weighted by Gasteiger charge is -2.06. The van der Waals surface area contributed by atoms with Crippen molar-refractivity contribution in [2.45, 2.75) is 26.3 Å². The number of halogens is 1. The summed E-state index contributed by atoms with van der Waals surface area (Å²) < 4.78 is 2.23. The van der Waals surface area contributed by atoms with Crippen molar-refractivity contribution in [3.8, 4) is 0 Å². The molecule has 2 aromatic rings. The molecule has 0 aliphatic carbocycles. The summed E-state index contributed by atoms with van der Waals surface area (Å²) in [7, 11) is 0. The Kier molecular flexibility index (Phi) is 3.46. The minimum absolute atomic E-state index is 0.626. The fraction of sp³-hybridized carbons (Fsp3) is 0.417. The van der Waals surface area contributed by atoms with Gasteiger partial charge in [-0.3, -0.25) is 0 Å². The molecule has 0 spiro atoms. The van der Waals surface area contributed by atoms with Crippen LogP contribution in [0, 0.1) is 0 Å². The SMILES string of the molecule is CCCn1c(CCN)nc2cc(Cl)ccc21. The van der Waals surface area contributed by atoms with E-state index in [-0.39, 0.29) is 0 Å². The van der Waals surface area contributed by atoms with Gasteiger partial charge in [-0.1, -0.05) is 18.5 Å².